The number of aliphatic hydroxyl groups is 1. The maximum absolute atomic E-state index is 13.6. The van der Waals surface area contributed by atoms with E-state index >= 15 is 0 Å². The van der Waals surface area contributed by atoms with Gasteiger partial charge in [0.1, 0.15) is 5.76 Å². The zero-order chi connectivity index (χ0) is 24.2. The predicted octanol–water partition coefficient (Wildman–Crippen LogP) is 7.97. The van der Waals surface area contributed by atoms with Crippen LogP contribution >= 0.6 is 0 Å². The second kappa shape index (κ2) is 10.2. The second-order valence-corrected chi connectivity index (χ2v) is 9.23. The van der Waals surface area contributed by atoms with Crippen LogP contribution in [0.3, 0.4) is 0 Å². The highest BCUT2D eigenvalue weighted by Gasteiger charge is 2.27. The molecule has 1 heterocycles. The SMILES string of the molecule is CCC1=C(c2ccccc2)C(=C(O)c2cn(Cc3ccccc3)c3ccccc23)C(=O)CCCC1. The highest BCUT2D eigenvalue weighted by Crippen LogP contribution is 2.39. The standard InChI is InChI=1S/C32H31NO2/c1-2-24-15-9-12-20-29(34)31(30(24)25-16-7-4-8-17-25)32(35)27-22-33(21-23-13-5-3-6-14-23)28-19-11-10-18-26(27)28/h3-8,10-11,13-14,16-19,22,35H,2,9,12,15,20-21H2,1H3. The number of ketones is 1. The number of hydrogen-bond donors (Lipinski definition) is 1. The Morgan fingerprint density at radius 3 is 2.26 bits per heavy atom. The molecule has 0 saturated carbocycles. The number of benzene rings is 3. The molecule has 1 aromatic heterocycles. The first-order valence-corrected chi connectivity index (χ1v) is 12.5. The summed E-state index contributed by atoms with van der Waals surface area (Å²) in [6, 6.07) is 28.5. The Hall–Kier alpha value is -3.85. The fraction of sp³-hybridized carbons (Fsp3) is 0.219. The van der Waals surface area contributed by atoms with Crippen LogP contribution in [0.1, 0.15) is 55.7 Å². The lowest BCUT2D eigenvalue weighted by Crippen LogP contribution is -2.12. The molecule has 0 saturated heterocycles. The molecular formula is C32H31NO2. The van der Waals surface area contributed by atoms with Gasteiger partial charge in [-0.3, -0.25) is 4.79 Å². The van der Waals surface area contributed by atoms with Crippen molar-refractivity contribution in [2.75, 3.05) is 0 Å². The number of para-hydroxylation sites is 1. The summed E-state index contributed by atoms with van der Waals surface area (Å²) in [4.78, 5) is 13.6. The molecule has 3 aromatic carbocycles. The molecule has 0 unspecified atom stereocenters. The highest BCUT2D eigenvalue weighted by molar-refractivity contribution is 6.17. The van der Waals surface area contributed by atoms with E-state index in [-0.39, 0.29) is 11.5 Å². The fourth-order valence-corrected chi connectivity index (χ4v) is 5.23. The summed E-state index contributed by atoms with van der Waals surface area (Å²) in [5.41, 5.74) is 6.55. The second-order valence-electron chi connectivity index (χ2n) is 9.23. The summed E-state index contributed by atoms with van der Waals surface area (Å²) in [5, 5.41) is 12.8. The maximum atomic E-state index is 13.6. The maximum Gasteiger partial charge on any atom is 0.167 e. The minimum Gasteiger partial charge on any atom is -0.506 e. The van der Waals surface area contributed by atoms with E-state index in [4.69, 9.17) is 0 Å². The van der Waals surface area contributed by atoms with E-state index in [1.807, 2.05) is 72.9 Å². The number of aromatic nitrogens is 1. The van der Waals surface area contributed by atoms with Crippen molar-refractivity contribution in [3.63, 3.8) is 0 Å². The van der Waals surface area contributed by atoms with Crippen LogP contribution in [0.15, 0.2) is 102 Å². The average molecular weight is 462 g/mol. The Morgan fingerprint density at radius 2 is 1.51 bits per heavy atom. The van der Waals surface area contributed by atoms with E-state index in [0.29, 0.717) is 24.1 Å². The summed E-state index contributed by atoms with van der Waals surface area (Å²) in [5.74, 6) is 0.108. The van der Waals surface area contributed by atoms with Crippen LogP contribution in [0.2, 0.25) is 0 Å². The van der Waals surface area contributed by atoms with E-state index in [1.165, 1.54) is 11.1 Å². The normalized spacial score (nSPS) is 16.3. The van der Waals surface area contributed by atoms with Crippen molar-refractivity contribution in [3.05, 3.63) is 119 Å². The van der Waals surface area contributed by atoms with Gasteiger partial charge in [-0.05, 0) is 48.4 Å². The molecule has 1 aliphatic carbocycles. The Morgan fingerprint density at radius 1 is 0.857 bits per heavy atom. The number of rotatable bonds is 5. The summed E-state index contributed by atoms with van der Waals surface area (Å²) >= 11 is 0. The number of allylic oxidation sites excluding steroid dienone is 3. The molecule has 1 N–H and O–H groups in total. The van der Waals surface area contributed by atoms with Gasteiger partial charge in [-0.15, -0.1) is 0 Å². The van der Waals surface area contributed by atoms with Crippen LogP contribution in [0.4, 0.5) is 0 Å². The number of aliphatic hydroxyl groups excluding tert-OH is 1. The fourth-order valence-electron chi connectivity index (χ4n) is 5.23. The van der Waals surface area contributed by atoms with Crippen LogP contribution in [-0.4, -0.2) is 15.5 Å². The molecular weight excluding hydrogens is 430 g/mol. The lowest BCUT2D eigenvalue weighted by Gasteiger charge is -2.21. The third-order valence-electron chi connectivity index (χ3n) is 6.98. The lowest BCUT2D eigenvalue weighted by atomic mass is 9.82. The van der Waals surface area contributed by atoms with E-state index in [2.05, 4.69) is 29.7 Å². The number of nitrogens with zero attached hydrogens (tertiary/aromatic N) is 1. The molecule has 0 fully saturated rings. The van der Waals surface area contributed by atoms with Crippen LogP contribution < -0.4 is 0 Å². The number of Topliss-reactive ketones (excluding diaryl/α,β-unsaturated/α-hetero) is 1. The Bertz CT molecular complexity index is 1410. The predicted molar refractivity (Wildman–Crippen MR) is 144 cm³/mol. The summed E-state index contributed by atoms with van der Waals surface area (Å²) in [6.07, 6.45) is 6.09. The smallest absolute Gasteiger partial charge is 0.167 e. The zero-order valence-electron chi connectivity index (χ0n) is 20.2. The summed E-state index contributed by atoms with van der Waals surface area (Å²) in [6.45, 7) is 2.84. The monoisotopic (exact) mass is 461 g/mol. The van der Waals surface area contributed by atoms with Crippen LogP contribution in [0, 0.1) is 0 Å². The summed E-state index contributed by atoms with van der Waals surface area (Å²) in [7, 11) is 0. The van der Waals surface area contributed by atoms with Crippen LogP contribution in [0.25, 0.3) is 22.2 Å². The average Bonchev–Trinajstić information content (AvgIpc) is 3.25. The Balaban J connectivity index is 1.74. The van der Waals surface area contributed by atoms with E-state index in [0.717, 1.165) is 47.7 Å². The van der Waals surface area contributed by atoms with Gasteiger partial charge in [0.25, 0.3) is 0 Å². The number of carbonyl (C=O) groups is 1. The first-order valence-electron chi connectivity index (χ1n) is 12.5. The van der Waals surface area contributed by atoms with Crippen molar-refractivity contribution < 1.29 is 9.90 Å². The van der Waals surface area contributed by atoms with E-state index in [9.17, 15) is 9.90 Å². The number of fused-ring (bicyclic) bond motifs is 1. The van der Waals surface area contributed by atoms with Gasteiger partial charge in [0.15, 0.2) is 5.78 Å². The van der Waals surface area contributed by atoms with Gasteiger partial charge >= 0.3 is 0 Å². The largest absolute Gasteiger partial charge is 0.506 e. The highest BCUT2D eigenvalue weighted by atomic mass is 16.3. The molecule has 3 heteroatoms. The molecule has 0 radical (unpaired) electrons. The minimum atomic E-state index is 0.0203. The van der Waals surface area contributed by atoms with Gasteiger partial charge < -0.3 is 9.67 Å². The van der Waals surface area contributed by atoms with Crippen molar-refractivity contribution in [1.82, 2.24) is 4.57 Å². The molecule has 4 aromatic rings. The molecule has 176 valence electrons. The van der Waals surface area contributed by atoms with Crippen molar-refractivity contribution in [2.45, 2.75) is 45.6 Å². The van der Waals surface area contributed by atoms with Crippen molar-refractivity contribution >= 4 is 28.0 Å². The number of hydrogen-bond acceptors (Lipinski definition) is 2. The first kappa shape index (κ1) is 22.9. The van der Waals surface area contributed by atoms with Crippen molar-refractivity contribution in [2.24, 2.45) is 0 Å². The van der Waals surface area contributed by atoms with Gasteiger partial charge in [-0.1, -0.05) is 91.4 Å². The number of carbonyl (C=O) groups excluding carboxylic acids is 1. The molecule has 0 atom stereocenters. The van der Waals surface area contributed by atoms with Gasteiger partial charge in [-0.2, -0.15) is 0 Å². The Labute approximate surface area is 207 Å². The molecule has 3 nitrogen and oxygen atoms in total. The van der Waals surface area contributed by atoms with E-state index in [1.54, 1.807) is 0 Å². The molecule has 5 rings (SSSR count). The Kier molecular flexibility index (Phi) is 6.67. The minimum absolute atomic E-state index is 0.0203. The topological polar surface area (TPSA) is 42.2 Å². The third-order valence-corrected chi connectivity index (χ3v) is 6.98. The van der Waals surface area contributed by atoms with E-state index < -0.39 is 0 Å². The molecule has 1 aliphatic rings. The van der Waals surface area contributed by atoms with Gasteiger partial charge in [-0.25, -0.2) is 0 Å². The van der Waals surface area contributed by atoms with Gasteiger partial charge in [0.2, 0.25) is 0 Å². The quantitative estimate of drug-likeness (QED) is 0.242. The van der Waals surface area contributed by atoms with Gasteiger partial charge in [0.05, 0.1) is 5.57 Å². The van der Waals surface area contributed by atoms with Gasteiger partial charge in [0, 0.05) is 35.6 Å². The lowest BCUT2D eigenvalue weighted by molar-refractivity contribution is -0.115. The first-order chi connectivity index (χ1) is 17.2. The summed E-state index contributed by atoms with van der Waals surface area (Å²) < 4.78 is 2.16. The third kappa shape index (κ3) is 4.59. The van der Waals surface area contributed by atoms with Crippen LogP contribution in [0.5, 0.6) is 0 Å². The molecule has 35 heavy (non-hydrogen) atoms. The molecule has 0 aliphatic heterocycles. The van der Waals surface area contributed by atoms with Crippen LogP contribution in [-0.2, 0) is 11.3 Å². The van der Waals surface area contributed by atoms with Crippen molar-refractivity contribution in [1.29, 1.82) is 0 Å². The molecule has 0 bridgehead atoms. The van der Waals surface area contributed by atoms with Crippen molar-refractivity contribution in [3.8, 4) is 0 Å². The zero-order valence-corrected chi connectivity index (χ0v) is 20.2. The molecule has 0 amide bonds. The molecule has 0 spiro atoms.